The molecule has 0 aliphatic rings. The summed E-state index contributed by atoms with van der Waals surface area (Å²) in [6.07, 6.45) is 2.51. The fourth-order valence-corrected chi connectivity index (χ4v) is 3.22. The zero-order valence-electron chi connectivity index (χ0n) is 16.3. The van der Waals surface area contributed by atoms with Crippen molar-refractivity contribution < 1.29 is 14.3 Å². The van der Waals surface area contributed by atoms with E-state index in [1.54, 1.807) is 18.3 Å². The summed E-state index contributed by atoms with van der Waals surface area (Å²) < 4.78 is 11.3. The van der Waals surface area contributed by atoms with Gasteiger partial charge in [-0.1, -0.05) is 18.5 Å². The van der Waals surface area contributed by atoms with Crippen molar-refractivity contribution in [3.63, 3.8) is 0 Å². The lowest BCUT2D eigenvalue weighted by molar-refractivity contribution is -0.120. The first kappa shape index (κ1) is 22.1. The first-order chi connectivity index (χ1) is 13.5. The van der Waals surface area contributed by atoms with Gasteiger partial charge in [0.25, 0.3) is 5.91 Å². The third-order valence-corrected chi connectivity index (χ3v) is 4.98. The number of benzene rings is 2. The molecule has 0 heterocycles. The summed E-state index contributed by atoms with van der Waals surface area (Å²) in [6, 6.07) is 12.9. The third kappa shape index (κ3) is 7.09. The van der Waals surface area contributed by atoms with Crippen molar-refractivity contribution in [1.82, 2.24) is 5.43 Å². The molecule has 0 aliphatic heterocycles. The van der Waals surface area contributed by atoms with Crippen LogP contribution in [0.25, 0.3) is 0 Å². The molecule has 7 heteroatoms. The van der Waals surface area contributed by atoms with Gasteiger partial charge in [0, 0.05) is 9.92 Å². The maximum absolute atomic E-state index is 12.2. The van der Waals surface area contributed by atoms with E-state index in [0.29, 0.717) is 29.7 Å². The van der Waals surface area contributed by atoms with Gasteiger partial charge in [-0.3, -0.25) is 4.79 Å². The van der Waals surface area contributed by atoms with Crippen LogP contribution in [-0.2, 0) is 4.79 Å². The maximum Gasteiger partial charge on any atom is 0.253 e. The molecule has 0 spiro atoms. The number of thioether (sulfide) groups is 1. The van der Waals surface area contributed by atoms with E-state index in [0.717, 1.165) is 16.9 Å². The van der Waals surface area contributed by atoms with Crippen LogP contribution in [0.1, 0.15) is 32.8 Å². The Morgan fingerprint density at radius 2 is 1.93 bits per heavy atom. The summed E-state index contributed by atoms with van der Waals surface area (Å²) in [7, 11) is 0. The lowest BCUT2D eigenvalue weighted by atomic mass is 10.2. The van der Waals surface area contributed by atoms with Gasteiger partial charge in [-0.2, -0.15) is 5.10 Å². The lowest BCUT2D eigenvalue weighted by Crippen LogP contribution is -2.26. The number of carbonyl (C=O) groups is 1. The molecule has 1 atom stereocenters. The van der Waals surface area contributed by atoms with Crippen LogP contribution in [0.3, 0.4) is 0 Å². The average molecular weight is 421 g/mol. The monoisotopic (exact) mass is 420 g/mol. The van der Waals surface area contributed by atoms with Crippen LogP contribution < -0.4 is 14.9 Å². The largest absolute Gasteiger partial charge is 0.490 e. The highest BCUT2D eigenvalue weighted by atomic mass is 35.5. The number of hydrogen-bond acceptors (Lipinski definition) is 5. The van der Waals surface area contributed by atoms with Crippen LogP contribution in [0, 0.1) is 0 Å². The van der Waals surface area contributed by atoms with Crippen LogP contribution in [0.15, 0.2) is 52.5 Å². The Hall–Kier alpha value is -2.18. The Morgan fingerprint density at radius 1 is 1.18 bits per heavy atom. The molecule has 0 saturated heterocycles. The third-order valence-electron chi connectivity index (χ3n) is 3.61. The highest BCUT2D eigenvalue weighted by molar-refractivity contribution is 8.00. The molecule has 0 fully saturated rings. The molecule has 1 unspecified atom stereocenters. The predicted molar refractivity (Wildman–Crippen MR) is 116 cm³/mol. The number of nitrogens with one attached hydrogen (secondary N) is 1. The van der Waals surface area contributed by atoms with Crippen molar-refractivity contribution in [2.24, 2.45) is 5.10 Å². The van der Waals surface area contributed by atoms with E-state index >= 15 is 0 Å². The highest BCUT2D eigenvalue weighted by Gasteiger charge is 2.13. The number of rotatable bonds is 10. The van der Waals surface area contributed by atoms with Crippen LogP contribution in [0.2, 0.25) is 5.02 Å². The fraction of sp³-hybridized carbons (Fsp3) is 0.333. The molecule has 0 saturated carbocycles. The number of nitrogens with zero attached hydrogens (tertiary/aromatic N) is 1. The summed E-state index contributed by atoms with van der Waals surface area (Å²) in [4.78, 5) is 13.2. The van der Waals surface area contributed by atoms with E-state index in [1.807, 2.05) is 44.2 Å². The first-order valence-electron chi connectivity index (χ1n) is 9.18. The van der Waals surface area contributed by atoms with Gasteiger partial charge in [0.15, 0.2) is 11.5 Å². The van der Waals surface area contributed by atoms with Crippen molar-refractivity contribution in [3.05, 3.63) is 53.1 Å². The predicted octanol–water partition coefficient (Wildman–Crippen LogP) is 5.16. The van der Waals surface area contributed by atoms with Gasteiger partial charge in [0.2, 0.25) is 0 Å². The summed E-state index contributed by atoms with van der Waals surface area (Å²) in [6.45, 7) is 6.98. The van der Waals surface area contributed by atoms with Gasteiger partial charge >= 0.3 is 0 Å². The molecule has 1 N–H and O–H groups in total. The Labute approximate surface area is 175 Å². The number of amides is 1. The van der Waals surface area contributed by atoms with Gasteiger partial charge in [-0.25, -0.2) is 5.43 Å². The molecule has 0 radical (unpaired) electrons. The van der Waals surface area contributed by atoms with E-state index in [4.69, 9.17) is 21.1 Å². The number of hydrogen-bond donors (Lipinski definition) is 1. The summed E-state index contributed by atoms with van der Waals surface area (Å²) in [5, 5.41) is 4.44. The van der Waals surface area contributed by atoms with Crippen molar-refractivity contribution in [1.29, 1.82) is 0 Å². The van der Waals surface area contributed by atoms with Crippen molar-refractivity contribution in [2.75, 3.05) is 13.2 Å². The molecule has 0 aliphatic carbocycles. The van der Waals surface area contributed by atoms with Gasteiger partial charge in [-0.15, -0.1) is 11.8 Å². The quantitative estimate of drug-likeness (QED) is 0.327. The number of carbonyl (C=O) groups excluding carboxylic acids is 1. The van der Waals surface area contributed by atoms with E-state index < -0.39 is 0 Å². The number of hydrazone groups is 1. The van der Waals surface area contributed by atoms with E-state index in [-0.39, 0.29) is 11.2 Å². The summed E-state index contributed by atoms with van der Waals surface area (Å²) in [5.41, 5.74) is 3.39. The van der Waals surface area contributed by atoms with Crippen molar-refractivity contribution >= 4 is 35.5 Å². The smallest absolute Gasteiger partial charge is 0.253 e. The van der Waals surface area contributed by atoms with E-state index in [2.05, 4.69) is 17.5 Å². The summed E-state index contributed by atoms with van der Waals surface area (Å²) in [5.74, 6) is 1.19. The Kier molecular flexibility index (Phi) is 9.17. The number of halogens is 1. The minimum absolute atomic E-state index is 0.177. The second kappa shape index (κ2) is 11.6. The second-order valence-electron chi connectivity index (χ2n) is 5.94. The molecule has 28 heavy (non-hydrogen) atoms. The van der Waals surface area contributed by atoms with Gasteiger partial charge < -0.3 is 9.47 Å². The average Bonchev–Trinajstić information content (AvgIpc) is 2.69. The Bertz CT molecular complexity index is 797. The van der Waals surface area contributed by atoms with Gasteiger partial charge in [-0.05, 0) is 68.3 Å². The van der Waals surface area contributed by atoms with Crippen molar-refractivity contribution in [2.45, 2.75) is 37.3 Å². The molecular weight excluding hydrogens is 396 g/mol. The standard InChI is InChI=1S/C21H25ClN2O3S/c1-4-12-27-19-11-6-16(13-20(19)26-5-2)14-23-24-21(25)15(3)28-18-9-7-17(22)8-10-18/h6-11,13-15H,4-5,12H2,1-3H3,(H,24,25)/b23-14+. The molecule has 2 aromatic rings. The molecule has 0 aromatic heterocycles. The SMILES string of the molecule is CCCOc1ccc(/C=N/NC(=O)C(C)Sc2ccc(Cl)cc2)cc1OCC. The molecule has 2 rings (SSSR count). The molecule has 1 amide bonds. The zero-order valence-corrected chi connectivity index (χ0v) is 17.8. The van der Waals surface area contributed by atoms with Crippen LogP contribution >= 0.6 is 23.4 Å². The Balaban J connectivity index is 1.94. The normalized spacial score (nSPS) is 12.0. The lowest BCUT2D eigenvalue weighted by Gasteiger charge is -2.12. The van der Waals surface area contributed by atoms with E-state index in [9.17, 15) is 4.79 Å². The minimum atomic E-state index is -0.290. The maximum atomic E-state index is 12.2. The zero-order chi connectivity index (χ0) is 20.4. The van der Waals surface area contributed by atoms with Crippen LogP contribution in [0.4, 0.5) is 0 Å². The van der Waals surface area contributed by atoms with Gasteiger partial charge in [0.05, 0.1) is 24.7 Å². The number of ether oxygens (including phenoxy) is 2. The molecule has 5 nitrogen and oxygen atoms in total. The van der Waals surface area contributed by atoms with Crippen molar-refractivity contribution in [3.8, 4) is 11.5 Å². The summed E-state index contributed by atoms with van der Waals surface area (Å²) >= 11 is 7.32. The topological polar surface area (TPSA) is 59.9 Å². The van der Waals surface area contributed by atoms with Crippen LogP contribution in [-0.4, -0.2) is 30.6 Å². The van der Waals surface area contributed by atoms with Gasteiger partial charge in [0.1, 0.15) is 0 Å². The van der Waals surface area contributed by atoms with Crippen LogP contribution in [0.5, 0.6) is 11.5 Å². The van der Waals surface area contributed by atoms with E-state index in [1.165, 1.54) is 11.8 Å². The molecule has 0 bridgehead atoms. The fourth-order valence-electron chi connectivity index (χ4n) is 2.24. The highest BCUT2D eigenvalue weighted by Crippen LogP contribution is 2.28. The second-order valence-corrected chi connectivity index (χ2v) is 7.79. The minimum Gasteiger partial charge on any atom is -0.490 e. The molecule has 2 aromatic carbocycles. The Morgan fingerprint density at radius 3 is 2.61 bits per heavy atom. The molecular formula is C21H25ClN2O3S. The molecule has 150 valence electrons. The first-order valence-corrected chi connectivity index (χ1v) is 10.4.